The first-order chi connectivity index (χ1) is 7.72. The third-order valence-corrected chi connectivity index (χ3v) is 2.81. The van der Waals surface area contributed by atoms with Crippen LogP contribution in [0.1, 0.15) is 19.8 Å². The summed E-state index contributed by atoms with van der Waals surface area (Å²) in [5.74, 6) is 0.167. The lowest BCUT2D eigenvalue weighted by Gasteiger charge is -2.25. The van der Waals surface area contributed by atoms with Crippen LogP contribution in [0.15, 0.2) is 12.7 Å². The molecule has 16 heavy (non-hydrogen) atoms. The Bertz CT molecular complexity index is 239. The zero-order chi connectivity index (χ0) is 12.0. The molecular weight excluding hydrogens is 204 g/mol. The van der Waals surface area contributed by atoms with E-state index in [4.69, 9.17) is 5.11 Å². The van der Waals surface area contributed by atoms with Gasteiger partial charge in [0.25, 0.3) is 0 Å². The Morgan fingerprint density at radius 1 is 1.56 bits per heavy atom. The monoisotopic (exact) mass is 226 g/mol. The molecule has 0 spiro atoms. The van der Waals surface area contributed by atoms with Gasteiger partial charge in [-0.2, -0.15) is 0 Å². The molecule has 1 aliphatic rings. The van der Waals surface area contributed by atoms with E-state index in [1.807, 2.05) is 16.7 Å². The summed E-state index contributed by atoms with van der Waals surface area (Å²) in [6, 6.07) is 0.470. The molecule has 4 nitrogen and oxygen atoms in total. The lowest BCUT2D eigenvalue weighted by molar-refractivity contribution is -0.132. The number of hydrogen-bond donors (Lipinski definition) is 1. The normalized spacial score (nSPS) is 15.2. The van der Waals surface area contributed by atoms with E-state index in [1.54, 1.807) is 6.08 Å². The fourth-order valence-corrected chi connectivity index (χ4v) is 1.87. The summed E-state index contributed by atoms with van der Waals surface area (Å²) in [6.45, 7) is 8.09. The molecule has 0 aromatic carbocycles. The third kappa shape index (κ3) is 3.94. The summed E-state index contributed by atoms with van der Waals surface area (Å²) in [4.78, 5) is 15.8. The fourth-order valence-electron chi connectivity index (χ4n) is 1.87. The molecule has 1 amide bonds. The first kappa shape index (κ1) is 13.2. The molecule has 0 aromatic rings. The van der Waals surface area contributed by atoms with Gasteiger partial charge in [-0.05, 0) is 19.8 Å². The van der Waals surface area contributed by atoms with Gasteiger partial charge in [-0.3, -0.25) is 9.69 Å². The number of nitrogens with zero attached hydrogens (tertiary/aromatic N) is 2. The molecule has 0 unspecified atom stereocenters. The van der Waals surface area contributed by atoms with Gasteiger partial charge in [-0.25, -0.2) is 0 Å². The van der Waals surface area contributed by atoms with Crippen molar-refractivity contribution < 1.29 is 9.90 Å². The molecule has 1 aliphatic carbocycles. The van der Waals surface area contributed by atoms with Gasteiger partial charge in [-0.15, -0.1) is 6.58 Å². The van der Waals surface area contributed by atoms with Crippen molar-refractivity contribution in [2.45, 2.75) is 25.8 Å². The second-order valence-corrected chi connectivity index (χ2v) is 4.16. The Morgan fingerprint density at radius 3 is 2.69 bits per heavy atom. The van der Waals surface area contributed by atoms with Crippen molar-refractivity contribution in [3.8, 4) is 0 Å². The highest BCUT2D eigenvalue weighted by Gasteiger charge is 2.31. The SMILES string of the molecule is C=CCN(CCO)CC(=O)N(CC)C1CC1. The van der Waals surface area contributed by atoms with Crippen LogP contribution in [0, 0.1) is 0 Å². The molecule has 1 fully saturated rings. The quantitative estimate of drug-likeness (QED) is 0.612. The predicted octanol–water partition coefficient (Wildman–Crippen LogP) is 0.478. The molecule has 1 saturated carbocycles. The lowest BCUT2D eigenvalue weighted by atomic mass is 10.3. The van der Waals surface area contributed by atoms with Gasteiger partial charge < -0.3 is 10.0 Å². The lowest BCUT2D eigenvalue weighted by Crippen LogP contribution is -2.42. The van der Waals surface area contributed by atoms with Crippen LogP contribution in [-0.4, -0.2) is 59.6 Å². The van der Waals surface area contributed by atoms with Crippen LogP contribution in [-0.2, 0) is 4.79 Å². The van der Waals surface area contributed by atoms with Gasteiger partial charge in [0.1, 0.15) is 0 Å². The van der Waals surface area contributed by atoms with Crippen molar-refractivity contribution in [3.63, 3.8) is 0 Å². The van der Waals surface area contributed by atoms with Crippen molar-refractivity contribution in [3.05, 3.63) is 12.7 Å². The maximum atomic E-state index is 12.0. The van der Waals surface area contributed by atoms with Gasteiger partial charge in [0.15, 0.2) is 0 Å². The van der Waals surface area contributed by atoms with E-state index < -0.39 is 0 Å². The van der Waals surface area contributed by atoms with Crippen LogP contribution < -0.4 is 0 Å². The van der Waals surface area contributed by atoms with Crippen LogP contribution in [0.3, 0.4) is 0 Å². The topological polar surface area (TPSA) is 43.8 Å². The Morgan fingerprint density at radius 2 is 2.25 bits per heavy atom. The van der Waals surface area contributed by atoms with E-state index in [0.717, 1.165) is 19.4 Å². The predicted molar refractivity (Wildman–Crippen MR) is 64.1 cm³/mol. The minimum absolute atomic E-state index is 0.0800. The second-order valence-electron chi connectivity index (χ2n) is 4.16. The van der Waals surface area contributed by atoms with E-state index in [0.29, 0.717) is 25.7 Å². The maximum Gasteiger partial charge on any atom is 0.236 e. The van der Waals surface area contributed by atoms with Gasteiger partial charge in [-0.1, -0.05) is 6.08 Å². The number of hydrogen-bond acceptors (Lipinski definition) is 3. The van der Waals surface area contributed by atoms with E-state index in [-0.39, 0.29) is 12.5 Å². The van der Waals surface area contributed by atoms with Crippen molar-refractivity contribution in [2.75, 3.05) is 32.8 Å². The second kappa shape index (κ2) is 6.66. The standard InChI is InChI=1S/C12H22N2O2/c1-3-7-13(8-9-15)10-12(16)14(4-2)11-5-6-11/h3,11,15H,1,4-10H2,2H3. The van der Waals surface area contributed by atoms with Crippen molar-refractivity contribution >= 4 is 5.91 Å². The Hall–Kier alpha value is -0.870. The number of amides is 1. The molecule has 1 rings (SSSR count). The van der Waals surface area contributed by atoms with Crippen LogP contribution >= 0.6 is 0 Å². The van der Waals surface area contributed by atoms with Crippen LogP contribution in [0.5, 0.6) is 0 Å². The summed E-state index contributed by atoms with van der Waals surface area (Å²) >= 11 is 0. The molecule has 0 bridgehead atoms. The number of likely N-dealkylation sites (N-methyl/N-ethyl adjacent to an activating group) is 1. The molecule has 0 radical (unpaired) electrons. The zero-order valence-corrected chi connectivity index (χ0v) is 10.1. The smallest absolute Gasteiger partial charge is 0.236 e. The van der Waals surface area contributed by atoms with Gasteiger partial charge in [0.2, 0.25) is 5.91 Å². The van der Waals surface area contributed by atoms with Crippen LogP contribution in [0.2, 0.25) is 0 Å². The molecule has 4 heteroatoms. The Balaban J connectivity index is 2.41. The fraction of sp³-hybridized carbons (Fsp3) is 0.750. The van der Waals surface area contributed by atoms with Crippen molar-refractivity contribution in [1.29, 1.82) is 0 Å². The Kier molecular flexibility index (Phi) is 5.49. The number of carbonyl (C=O) groups is 1. The van der Waals surface area contributed by atoms with E-state index in [2.05, 4.69) is 6.58 Å². The van der Waals surface area contributed by atoms with E-state index >= 15 is 0 Å². The Labute approximate surface area is 97.5 Å². The molecule has 0 atom stereocenters. The molecule has 0 aliphatic heterocycles. The van der Waals surface area contributed by atoms with Gasteiger partial charge in [0.05, 0.1) is 13.2 Å². The third-order valence-electron chi connectivity index (χ3n) is 2.81. The minimum Gasteiger partial charge on any atom is -0.395 e. The average Bonchev–Trinajstić information content (AvgIpc) is 3.04. The van der Waals surface area contributed by atoms with Crippen molar-refractivity contribution in [2.24, 2.45) is 0 Å². The summed E-state index contributed by atoms with van der Waals surface area (Å²) in [6.07, 6.45) is 4.04. The summed E-state index contributed by atoms with van der Waals surface area (Å²) in [5, 5.41) is 8.89. The summed E-state index contributed by atoms with van der Waals surface area (Å²) in [5.41, 5.74) is 0. The van der Waals surface area contributed by atoms with Crippen LogP contribution in [0.4, 0.5) is 0 Å². The van der Waals surface area contributed by atoms with Crippen molar-refractivity contribution in [1.82, 2.24) is 9.80 Å². The van der Waals surface area contributed by atoms with Gasteiger partial charge in [0, 0.05) is 25.7 Å². The van der Waals surface area contributed by atoms with Gasteiger partial charge >= 0.3 is 0 Å². The first-order valence-corrected chi connectivity index (χ1v) is 5.96. The molecule has 0 aromatic heterocycles. The van der Waals surface area contributed by atoms with E-state index in [9.17, 15) is 4.79 Å². The number of aliphatic hydroxyl groups is 1. The van der Waals surface area contributed by atoms with Crippen LogP contribution in [0.25, 0.3) is 0 Å². The zero-order valence-electron chi connectivity index (χ0n) is 10.1. The number of carbonyl (C=O) groups excluding carboxylic acids is 1. The first-order valence-electron chi connectivity index (χ1n) is 5.96. The molecule has 1 N–H and O–H groups in total. The highest BCUT2D eigenvalue weighted by atomic mass is 16.3. The highest BCUT2D eigenvalue weighted by Crippen LogP contribution is 2.26. The summed E-state index contributed by atoms with van der Waals surface area (Å²) in [7, 11) is 0. The largest absolute Gasteiger partial charge is 0.395 e. The maximum absolute atomic E-state index is 12.0. The molecule has 92 valence electrons. The number of rotatable bonds is 8. The van der Waals surface area contributed by atoms with E-state index in [1.165, 1.54) is 0 Å². The minimum atomic E-state index is 0.0800. The average molecular weight is 226 g/mol. The molecule has 0 heterocycles. The molecule has 0 saturated heterocycles. The molecular formula is C12H22N2O2. The summed E-state index contributed by atoms with van der Waals surface area (Å²) < 4.78 is 0. The number of aliphatic hydroxyl groups excluding tert-OH is 1. The highest BCUT2D eigenvalue weighted by molar-refractivity contribution is 5.78.